The third-order valence-electron chi connectivity index (χ3n) is 18.9. The fourth-order valence-electron chi connectivity index (χ4n) is 14.9. The van der Waals surface area contributed by atoms with Crippen LogP contribution in [0.5, 0.6) is 0 Å². The Morgan fingerprint density at radius 3 is 1.60 bits per heavy atom. The number of benzene rings is 8. The molecule has 0 spiro atoms. The minimum Gasteiger partial charge on any atom is -0.311 e. The minimum atomic E-state index is -0.169. The molecule has 4 heteroatoms. The Hall–Kier alpha value is -6.78. The molecule has 2 heterocycles. The van der Waals surface area contributed by atoms with Gasteiger partial charge in [-0.15, -0.1) is 0 Å². The zero-order chi connectivity index (χ0) is 52.5. The third-order valence-corrected chi connectivity index (χ3v) is 18.9. The summed E-state index contributed by atoms with van der Waals surface area (Å²) < 4.78 is 0. The van der Waals surface area contributed by atoms with Crippen LogP contribution in [0.25, 0.3) is 11.1 Å². The number of anilines is 9. The summed E-state index contributed by atoms with van der Waals surface area (Å²) >= 11 is 0. The van der Waals surface area contributed by atoms with E-state index in [2.05, 4.69) is 269 Å². The van der Waals surface area contributed by atoms with Crippen molar-refractivity contribution in [3.05, 3.63) is 202 Å². The largest absolute Gasteiger partial charge is 0.311 e. The third kappa shape index (κ3) is 7.06. The van der Waals surface area contributed by atoms with Gasteiger partial charge in [-0.2, -0.15) is 0 Å². The van der Waals surface area contributed by atoms with Gasteiger partial charge in [0.15, 0.2) is 0 Å². The molecule has 5 aliphatic rings. The van der Waals surface area contributed by atoms with Crippen molar-refractivity contribution in [1.82, 2.24) is 0 Å². The van der Waals surface area contributed by atoms with E-state index in [-0.39, 0.29) is 39.2 Å². The zero-order valence-electron chi connectivity index (χ0n) is 47.1. The molecule has 8 aromatic carbocycles. The molecule has 0 saturated carbocycles. The van der Waals surface area contributed by atoms with Crippen LogP contribution in [-0.4, -0.2) is 6.71 Å². The maximum atomic E-state index is 2.75. The predicted octanol–water partition coefficient (Wildman–Crippen LogP) is 17.5. The zero-order valence-corrected chi connectivity index (χ0v) is 47.1. The normalized spacial score (nSPS) is 18.3. The van der Waals surface area contributed by atoms with E-state index >= 15 is 0 Å². The highest BCUT2D eigenvalue weighted by molar-refractivity contribution is 7.00. The molecule has 0 unspecified atom stereocenters. The molecule has 0 amide bonds. The van der Waals surface area contributed by atoms with E-state index in [1.807, 2.05) is 0 Å². The molecule has 0 saturated heterocycles. The Morgan fingerprint density at radius 1 is 0.427 bits per heavy atom. The first kappa shape index (κ1) is 47.9. The molecule has 75 heavy (non-hydrogen) atoms. The molecule has 0 aromatic heterocycles. The number of para-hydroxylation sites is 2. The van der Waals surface area contributed by atoms with E-state index in [9.17, 15) is 0 Å². The van der Waals surface area contributed by atoms with Crippen molar-refractivity contribution in [2.45, 2.75) is 149 Å². The average molecular weight is 980 g/mol. The Balaban J connectivity index is 1.16. The standard InChI is InChI=1S/C71H74BN3/c1-44-35-54-57(70(11,12)43-69(54,9)10)41-60(44)75-62-42-56-55(67(5,6)33-34-68(56,7)8)40-59(62)72-58-32-30-49(73(46-23-17-15-18-24-46)47-25-19-16-20-26-47)39-61(58)74(63-36-45(66(2,3)4)37-64(75)65(63)72)48-29-31-51-50-27-21-22-28-52(50)71(13,14)53(51)38-48/h15-32,35-42H,33-34,43H2,1-14H3. The molecule has 0 fully saturated rings. The van der Waals surface area contributed by atoms with Gasteiger partial charge in [-0.25, -0.2) is 0 Å². The van der Waals surface area contributed by atoms with Crippen LogP contribution in [0.15, 0.2) is 158 Å². The first-order chi connectivity index (χ1) is 35.5. The van der Waals surface area contributed by atoms with Crippen molar-refractivity contribution in [3.63, 3.8) is 0 Å². The summed E-state index contributed by atoms with van der Waals surface area (Å²) in [6.45, 7) is 34.2. The van der Waals surface area contributed by atoms with Crippen molar-refractivity contribution in [1.29, 1.82) is 0 Å². The van der Waals surface area contributed by atoms with E-state index in [1.165, 1.54) is 106 Å². The molecule has 0 atom stereocenters. The number of rotatable bonds is 5. The summed E-state index contributed by atoms with van der Waals surface area (Å²) in [7, 11) is 0. The Bertz CT molecular complexity index is 3640. The summed E-state index contributed by atoms with van der Waals surface area (Å²) in [6, 6.07) is 61.4. The highest BCUT2D eigenvalue weighted by Crippen LogP contribution is 2.56. The van der Waals surface area contributed by atoms with Crippen LogP contribution < -0.4 is 31.1 Å². The molecule has 0 radical (unpaired) electrons. The van der Waals surface area contributed by atoms with E-state index in [0.717, 1.165) is 36.3 Å². The first-order valence-corrected chi connectivity index (χ1v) is 27.9. The Labute approximate surface area is 448 Å². The van der Waals surface area contributed by atoms with Gasteiger partial charge >= 0.3 is 0 Å². The van der Waals surface area contributed by atoms with Crippen LogP contribution in [0.3, 0.4) is 0 Å². The smallest absolute Gasteiger partial charge is 0.252 e. The SMILES string of the molecule is Cc1cc2c(cc1N1c3cc4c(cc3B3c5ccc(N(c6ccccc6)c6ccccc6)cc5N(c5ccc6c(c5)C(C)(C)c5ccccc5-6)c5cc(C(C)(C)C)cc1c53)C(C)(C)CCC4(C)C)C(C)(C)CC2(C)C. The lowest BCUT2D eigenvalue weighted by Crippen LogP contribution is -2.62. The van der Waals surface area contributed by atoms with Gasteiger partial charge in [-0.1, -0.05) is 175 Å². The van der Waals surface area contributed by atoms with Crippen molar-refractivity contribution in [2.75, 3.05) is 14.7 Å². The van der Waals surface area contributed by atoms with Crippen LogP contribution in [0.1, 0.15) is 154 Å². The van der Waals surface area contributed by atoms with Crippen molar-refractivity contribution >= 4 is 74.3 Å². The Kier molecular flexibility index (Phi) is 10.1. The maximum Gasteiger partial charge on any atom is 0.252 e. The topological polar surface area (TPSA) is 9.72 Å². The monoisotopic (exact) mass is 980 g/mol. The van der Waals surface area contributed by atoms with E-state index in [1.54, 1.807) is 0 Å². The van der Waals surface area contributed by atoms with Crippen LogP contribution in [0.4, 0.5) is 51.2 Å². The first-order valence-electron chi connectivity index (χ1n) is 27.9. The molecule has 2 aliphatic heterocycles. The van der Waals surface area contributed by atoms with E-state index in [4.69, 9.17) is 0 Å². The van der Waals surface area contributed by atoms with Crippen LogP contribution >= 0.6 is 0 Å². The number of hydrogen-bond donors (Lipinski definition) is 0. The number of hydrogen-bond acceptors (Lipinski definition) is 3. The second-order valence-corrected chi connectivity index (χ2v) is 27.3. The van der Waals surface area contributed by atoms with Gasteiger partial charge in [-0.05, 0) is 198 Å². The fraction of sp³-hybridized carbons (Fsp3) is 0.324. The molecule has 0 bridgehead atoms. The van der Waals surface area contributed by atoms with E-state index in [0.29, 0.717) is 0 Å². The van der Waals surface area contributed by atoms with Crippen LogP contribution in [-0.2, 0) is 32.5 Å². The second kappa shape index (κ2) is 15.9. The lowest BCUT2D eigenvalue weighted by atomic mass is 9.33. The molecule has 8 aromatic rings. The molecular weight excluding hydrogens is 906 g/mol. The van der Waals surface area contributed by atoms with Crippen molar-refractivity contribution in [2.24, 2.45) is 0 Å². The summed E-state index contributed by atoms with van der Waals surface area (Å²) in [6.07, 6.45) is 3.45. The van der Waals surface area contributed by atoms with Gasteiger partial charge in [0, 0.05) is 56.6 Å². The van der Waals surface area contributed by atoms with E-state index < -0.39 is 0 Å². The molecule has 13 rings (SSSR count). The van der Waals surface area contributed by atoms with Crippen molar-refractivity contribution in [3.8, 4) is 11.1 Å². The molecule has 3 aliphatic carbocycles. The van der Waals surface area contributed by atoms with Gasteiger partial charge in [0.1, 0.15) is 0 Å². The number of nitrogens with zero attached hydrogens (tertiary/aromatic N) is 3. The average Bonchev–Trinajstić information content (AvgIpc) is 3.74. The predicted molar refractivity (Wildman–Crippen MR) is 322 cm³/mol. The minimum absolute atomic E-state index is 0.0242. The second-order valence-electron chi connectivity index (χ2n) is 27.3. The number of aryl methyl sites for hydroxylation is 1. The van der Waals surface area contributed by atoms with Gasteiger partial charge < -0.3 is 14.7 Å². The molecule has 376 valence electrons. The maximum absolute atomic E-state index is 2.75. The molecular formula is C71H74BN3. The summed E-state index contributed by atoms with van der Waals surface area (Å²) in [5.74, 6) is 0. The van der Waals surface area contributed by atoms with Crippen molar-refractivity contribution < 1.29 is 0 Å². The summed E-state index contributed by atoms with van der Waals surface area (Å²) in [5, 5.41) is 0. The lowest BCUT2D eigenvalue weighted by Gasteiger charge is -2.48. The number of fused-ring (bicyclic) bond motifs is 9. The summed E-state index contributed by atoms with van der Waals surface area (Å²) in [5.41, 5.74) is 29.1. The highest BCUT2D eigenvalue weighted by Gasteiger charge is 2.49. The van der Waals surface area contributed by atoms with Gasteiger partial charge in [0.05, 0.1) is 0 Å². The lowest BCUT2D eigenvalue weighted by molar-refractivity contribution is 0.332. The van der Waals surface area contributed by atoms with Gasteiger partial charge in [0.2, 0.25) is 0 Å². The Morgan fingerprint density at radius 2 is 0.960 bits per heavy atom. The van der Waals surface area contributed by atoms with Gasteiger partial charge in [-0.3, -0.25) is 0 Å². The fourth-order valence-corrected chi connectivity index (χ4v) is 14.9. The van der Waals surface area contributed by atoms with Crippen LogP contribution in [0.2, 0.25) is 0 Å². The molecule has 3 nitrogen and oxygen atoms in total. The quantitative estimate of drug-likeness (QED) is 0.159. The van der Waals surface area contributed by atoms with Crippen LogP contribution in [0, 0.1) is 6.92 Å². The van der Waals surface area contributed by atoms with Gasteiger partial charge in [0.25, 0.3) is 6.71 Å². The molecule has 0 N–H and O–H groups in total. The highest BCUT2D eigenvalue weighted by atomic mass is 15.2. The summed E-state index contributed by atoms with van der Waals surface area (Å²) in [4.78, 5) is 7.86.